The molecule has 16 heavy (non-hydrogen) atoms. The van der Waals surface area contributed by atoms with E-state index in [0.29, 0.717) is 38.0 Å². The molecule has 96 valence electrons. The fourth-order valence-electron chi connectivity index (χ4n) is 1.42. The van der Waals surface area contributed by atoms with Crippen LogP contribution >= 0.6 is 30.9 Å². The Kier molecular flexibility index (Phi) is 5.56. The predicted molar refractivity (Wildman–Crippen MR) is 68.4 cm³/mol. The van der Waals surface area contributed by atoms with Gasteiger partial charge in [0.25, 0.3) is 0 Å². The second kappa shape index (κ2) is 6.03. The summed E-state index contributed by atoms with van der Waals surface area (Å²) in [5.41, 5.74) is 0.0154. The van der Waals surface area contributed by atoms with E-state index >= 15 is 0 Å². The van der Waals surface area contributed by atoms with Crippen molar-refractivity contribution >= 4 is 30.9 Å². The number of rotatable bonds is 5. The van der Waals surface area contributed by atoms with Gasteiger partial charge in [-0.2, -0.15) is 0 Å². The first-order valence-corrected chi connectivity index (χ1v) is 7.95. The van der Waals surface area contributed by atoms with Crippen molar-refractivity contribution in [1.29, 1.82) is 0 Å². The molecule has 0 saturated carbocycles. The summed E-state index contributed by atoms with van der Waals surface area (Å²) >= 11 is 11.4. The number of halogens is 2. The molecule has 1 unspecified atom stereocenters. The minimum Gasteiger partial charge on any atom is -0.305 e. The predicted octanol–water partition coefficient (Wildman–Crippen LogP) is 2.52. The third-order valence-electron chi connectivity index (χ3n) is 2.45. The standard InChI is InChI=1S/C9H19Cl2N2O2P/c1-9(2)7-12-16(14,15-8-9)13(5-3-10)6-4-11/h3-8H2,1-2H3,(H,12,14). The van der Waals surface area contributed by atoms with Crippen molar-refractivity contribution in [2.45, 2.75) is 13.8 Å². The second-order valence-electron chi connectivity index (χ2n) is 4.62. The Labute approximate surface area is 107 Å². The van der Waals surface area contributed by atoms with E-state index in [1.54, 1.807) is 4.67 Å². The first-order chi connectivity index (χ1) is 7.43. The van der Waals surface area contributed by atoms with Gasteiger partial charge in [-0.25, -0.2) is 9.76 Å². The smallest absolute Gasteiger partial charge is 0.305 e. The van der Waals surface area contributed by atoms with Crippen molar-refractivity contribution in [3.63, 3.8) is 0 Å². The number of nitrogens with one attached hydrogen (secondary N) is 1. The number of hydrogen-bond donors (Lipinski definition) is 1. The van der Waals surface area contributed by atoms with Crippen LogP contribution in [0.15, 0.2) is 0 Å². The molecule has 0 amide bonds. The third-order valence-corrected chi connectivity index (χ3v) is 4.96. The lowest BCUT2D eigenvalue weighted by molar-refractivity contribution is 0.133. The summed E-state index contributed by atoms with van der Waals surface area (Å²) in [6.07, 6.45) is 0. The summed E-state index contributed by atoms with van der Waals surface area (Å²) in [5.74, 6) is 0.824. The summed E-state index contributed by atoms with van der Waals surface area (Å²) in [6, 6.07) is 0. The van der Waals surface area contributed by atoms with Crippen molar-refractivity contribution < 1.29 is 9.09 Å². The fraction of sp³-hybridized carbons (Fsp3) is 1.00. The van der Waals surface area contributed by atoms with Crippen molar-refractivity contribution in [3.05, 3.63) is 0 Å². The molecular formula is C9H19Cl2N2O2P. The summed E-state index contributed by atoms with van der Waals surface area (Å²) in [5, 5.41) is 3.00. The van der Waals surface area contributed by atoms with Gasteiger partial charge >= 0.3 is 7.67 Å². The monoisotopic (exact) mass is 288 g/mol. The van der Waals surface area contributed by atoms with Crippen LogP contribution in [0.5, 0.6) is 0 Å². The Morgan fingerprint density at radius 1 is 1.38 bits per heavy atom. The summed E-state index contributed by atoms with van der Waals surface area (Å²) < 4.78 is 19.7. The quantitative estimate of drug-likeness (QED) is 0.624. The van der Waals surface area contributed by atoms with Crippen LogP contribution in [-0.2, 0) is 9.09 Å². The highest BCUT2D eigenvalue weighted by Gasteiger charge is 2.39. The van der Waals surface area contributed by atoms with Crippen LogP contribution in [0, 0.1) is 5.41 Å². The van der Waals surface area contributed by atoms with E-state index in [4.69, 9.17) is 27.7 Å². The maximum Gasteiger partial charge on any atom is 0.343 e. The molecule has 0 aliphatic carbocycles. The van der Waals surface area contributed by atoms with Crippen LogP contribution in [0.3, 0.4) is 0 Å². The maximum absolute atomic E-state index is 12.5. The largest absolute Gasteiger partial charge is 0.343 e. The van der Waals surface area contributed by atoms with Gasteiger partial charge in [0.05, 0.1) is 6.61 Å². The Hall–Kier alpha value is 0.690. The zero-order valence-electron chi connectivity index (χ0n) is 9.71. The second-order valence-corrected chi connectivity index (χ2v) is 7.56. The van der Waals surface area contributed by atoms with E-state index in [1.807, 2.05) is 0 Å². The molecule has 1 aliphatic heterocycles. The number of hydrogen-bond acceptors (Lipinski definition) is 2. The lowest BCUT2D eigenvalue weighted by Gasteiger charge is -2.39. The normalized spacial score (nSPS) is 29.6. The molecule has 1 saturated heterocycles. The van der Waals surface area contributed by atoms with E-state index in [1.165, 1.54) is 0 Å². The van der Waals surface area contributed by atoms with Gasteiger partial charge in [0.2, 0.25) is 0 Å². The molecular weight excluding hydrogens is 270 g/mol. The Bertz CT molecular complexity index is 256. The van der Waals surface area contributed by atoms with Gasteiger partial charge in [-0.05, 0) is 0 Å². The van der Waals surface area contributed by atoms with Crippen LogP contribution in [0.4, 0.5) is 0 Å². The van der Waals surface area contributed by atoms with E-state index in [2.05, 4.69) is 18.9 Å². The van der Waals surface area contributed by atoms with Crippen molar-refractivity contribution in [2.75, 3.05) is 38.0 Å². The molecule has 1 aliphatic rings. The van der Waals surface area contributed by atoms with Crippen LogP contribution in [-0.4, -0.2) is 42.7 Å². The minimum atomic E-state index is -2.92. The zero-order valence-corrected chi connectivity index (χ0v) is 12.1. The Morgan fingerprint density at radius 2 is 1.94 bits per heavy atom. The fourth-order valence-corrected chi connectivity index (χ4v) is 4.40. The first-order valence-electron chi connectivity index (χ1n) is 5.31. The molecule has 0 spiro atoms. The SMILES string of the molecule is CC1(C)CNP(=O)(N(CCCl)CCCl)OC1. The van der Waals surface area contributed by atoms with Crippen LogP contribution < -0.4 is 5.09 Å². The van der Waals surface area contributed by atoms with Gasteiger partial charge in [-0.1, -0.05) is 13.8 Å². The lowest BCUT2D eigenvalue weighted by Crippen LogP contribution is -2.43. The first kappa shape index (κ1) is 14.7. The van der Waals surface area contributed by atoms with E-state index < -0.39 is 7.67 Å². The summed E-state index contributed by atoms with van der Waals surface area (Å²) in [4.78, 5) is 0. The highest BCUT2D eigenvalue weighted by atomic mass is 35.5. The van der Waals surface area contributed by atoms with Crippen LogP contribution in [0.25, 0.3) is 0 Å². The molecule has 0 radical (unpaired) electrons. The van der Waals surface area contributed by atoms with Gasteiger partial charge in [0.15, 0.2) is 0 Å². The van der Waals surface area contributed by atoms with E-state index in [0.717, 1.165) is 0 Å². The van der Waals surface area contributed by atoms with Crippen molar-refractivity contribution in [1.82, 2.24) is 9.76 Å². The van der Waals surface area contributed by atoms with E-state index in [-0.39, 0.29) is 5.41 Å². The van der Waals surface area contributed by atoms with Crippen LogP contribution in [0.1, 0.15) is 13.8 Å². The zero-order chi connectivity index (χ0) is 12.2. The molecule has 7 heteroatoms. The maximum atomic E-state index is 12.5. The molecule has 0 aromatic carbocycles. The average molecular weight is 289 g/mol. The third kappa shape index (κ3) is 3.86. The number of alkyl halides is 2. The van der Waals surface area contributed by atoms with Crippen LogP contribution in [0.2, 0.25) is 0 Å². The van der Waals surface area contributed by atoms with Crippen molar-refractivity contribution in [3.8, 4) is 0 Å². The summed E-state index contributed by atoms with van der Waals surface area (Å²) in [6.45, 7) is 6.32. The van der Waals surface area contributed by atoms with Gasteiger partial charge < -0.3 is 4.52 Å². The number of nitrogens with zero attached hydrogens (tertiary/aromatic N) is 1. The Morgan fingerprint density at radius 3 is 2.31 bits per heavy atom. The highest BCUT2D eigenvalue weighted by molar-refractivity contribution is 7.54. The minimum absolute atomic E-state index is 0.0154. The van der Waals surface area contributed by atoms with Crippen molar-refractivity contribution in [2.24, 2.45) is 5.41 Å². The summed E-state index contributed by atoms with van der Waals surface area (Å²) in [7, 11) is -2.92. The molecule has 1 N–H and O–H groups in total. The molecule has 0 aromatic heterocycles. The van der Waals surface area contributed by atoms with Gasteiger partial charge in [-0.15, -0.1) is 23.2 Å². The molecule has 0 bridgehead atoms. The molecule has 1 heterocycles. The van der Waals surface area contributed by atoms with E-state index in [9.17, 15) is 4.57 Å². The topological polar surface area (TPSA) is 41.6 Å². The molecule has 1 atom stereocenters. The molecule has 1 fully saturated rings. The van der Waals surface area contributed by atoms with Gasteiger partial charge in [0.1, 0.15) is 0 Å². The molecule has 0 aromatic rings. The average Bonchev–Trinajstić information content (AvgIpc) is 2.23. The highest BCUT2D eigenvalue weighted by Crippen LogP contribution is 2.50. The molecule has 4 nitrogen and oxygen atoms in total. The molecule has 1 rings (SSSR count). The van der Waals surface area contributed by atoms with Gasteiger partial charge in [0, 0.05) is 36.8 Å². The lowest BCUT2D eigenvalue weighted by atomic mass is 9.96. The van der Waals surface area contributed by atoms with Gasteiger partial charge in [-0.3, -0.25) is 4.57 Å². The Balaban J connectivity index is 2.65.